The molecule has 1 heterocycles. The van der Waals surface area contributed by atoms with Crippen molar-refractivity contribution in [1.29, 1.82) is 0 Å². The Balaban J connectivity index is 2.31. The van der Waals surface area contributed by atoms with Crippen molar-refractivity contribution in [3.8, 4) is 0 Å². The maximum Gasteiger partial charge on any atom is 0.306 e. The van der Waals surface area contributed by atoms with E-state index in [4.69, 9.17) is 0 Å². The van der Waals surface area contributed by atoms with Gasteiger partial charge < -0.3 is 10.1 Å². The van der Waals surface area contributed by atoms with Gasteiger partial charge in [-0.25, -0.2) is 4.98 Å². The summed E-state index contributed by atoms with van der Waals surface area (Å²) in [6, 6.07) is 4.03. The highest BCUT2D eigenvalue weighted by atomic mass is 32.2. The predicted octanol–water partition coefficient (Wildman–Crippen LogP) is 2.31. The minimum atomic E-state index is -0.152. The van der Waals surface area contributed by atoms with Crippen molar-refractivity contribution in [2.24, 2.45) is 0 Å². The van der Waals surface area contributed by atoms with E-state index in [0.717, 1.165) is 23.9 Å². The SMILES string of the molecule is CCNc1cc(CSCCC(=O)OC)ccn1. The van der Waals surface area contributed by atoms with Crippen LogP contribution in [0.3, 0.4) is 0 Å². The molecule has 0 amide bonds. The van der Waals surface area contributed by atoms with Crippen molar-refractivity contribution in [2.75, 3.05) is 24.7 Å². The number of anilines is 1. The number of esters is 1. The summed E-state index contributed by atoms with van der Waals surface area (Å²) in [7, 11) is 1.42. The van der Waals surface area contributed by atoms with Crippen LogP contribution < -0.4 is 5.32 Å². The second kappa shape index (κ2) is 7.95. The zero-order chi connectivity index (χ0) is 12.5. The summed E-state index contributed by atoms with van der Waals surface area (Å²) in [6.07, 6.45) is 2.26. The molecule has 0 saturated carbocycles. The van der Waals surface area contributed by atoms with Crippen LogP contribution in [0, 0.1) is 0 Å². The number of thioether (sulfide) groups is 1. The maximum absolute atomic E-state index is 10.9. The number of ether oxygens (including phenoxy) is 1. The van der Waals surface area contributed by atoms with Crippen molar-refractivity contribution in [2.45, 2.75) is 19.1 Å². The third-order valence-electron chi connectivity index (χ3n) is 2.13. The number of nitrogens with zero attached hydrogens (tertiary/aromatic N) is 1. The van der Waals surface area contributed by atoms with Crippen LogP contribution in [-0.2, 0) is 15.3 Å². The molecule has 5 heteroatoms. The van der Waals surface area contributed by atoms with Crippen LogP contribution in [0.1, 0.15) is 18.9 Å². The number of rotatable bonds is 7. The van der Waals surface area contributed by atoms with Crippen molar-refractivity contribution in [3.63, 3.8) is 0 Å². The fourth-order valence-corrected chi connectivity index (χ4v) is 2.16. The van der Waals surface area contributed by atoms with Gasteiger partial charge in [-0.2, -0.15) is 11.8 Å². The molecule has 0 aliphatic heterocycles. The van der Waals surface area contributed by atoms with Crippen LogP contribution in [0.25, 0.3) is 0 Å². The van der Waals surface area contributed by atoms with E-state index in [1.165, 1.54) is 12.7 Å². The van der Waals surface area contributed by atoms with Gasteiger partial charge in [0.1, 0.15) is 5.82 Å². The van der Waals surface area contributed by atoms with Crippen molar-refractivity contribution < 1.29 is 9.53 Å². The van der Waals surface area contributed by atoms with Gasteiger partial charge in [0.15, 0.2) is 0 Å². The Bertz CT molecular complexity index is 358. The number of hydrogen-bond donors (Lipinski definition) is 1. The number of carbonyl (C=O) groups is 1. The zero-order valence-electron chi connectivity index (χ0n) is 10.2. The molecule has 0 radical (unpaired) electrons. The molecule has 0 aromatic carbocycles. The summed E-state index contributed by atoms with van der Waals surface area (Å²) < 4.78 is 4.58. The van der Waals surface area contributed by atoms with Gasteiger partial charge in [0.25, 0.3) is 0 Å². The fourth-order valence-electron chi connectivity index (χ4n) is 1.29. The number of nitrogens with one attached hydrogen (secondary N) is 1. The van der Waals surface area contributed by atoms with Crippen LogP contribution in [-0.4, -0.2) is 30.4 Å². The van der Waals surface area contributed by atoms with Crippen LogP contribution in [0.2, 0.25) is 0 Å². The minimum Gasteiger partial charge on any atom is -0.469 e. The van der Waals surface area contributed by atoms with Crippen LogP contribution in [0.4, 0.5) is 5.82 Å². The highest BCUT2D eigenvalue weighted by molar-refractivity contribution is 7.98. The monoisotopic (exact) mass is 254 g/mol. The van der Waals surface area contributed by atoms with E-state index < -0.39 is 0 Å². The van der Waals surface area contributed by atoms with Gasteiger partial charge >= 0.3 is 5.97 Å². The van der Waals surface area contributed by atoms with Gasteiger partial charge in [0, 0.05) is 24.2 Å². The first kappa shape index (κ1) is 13.8. The first-order valence-electron chi connectivity index (χ1n) is 5.59. The molecule has 0 bridgehead atoms. The van der Waals surface area contributed by atoms with E-state index in [-0.39, 0.29) is 5.97 Å². The Kier molecular flexibility index (Phi) is 6.47. The van der Waals surface area contributed by atoms with Crippen LogP contribution in [0.15, 0.2) is 18.3 Å². The summed E-state index contributed by atoms with van der Waals surface area (Å²) in [5, 5.41) is 3.17. The fraction of sp³-hybridized carbons (Fsp3) is 0.500. The van der Waals surface area contributed by atoms with Crippen LogP contribution >= 0.6 is 11.8 Å². The Morgan fingerprint density at radius 1 is 1.59 bits per heavy atom. The second-order valence-corrected chi connectivity index (χ2v) is 4.56. The normalized spacial score (nSPS) is 10.0. The lowest BCUT2D eigenvalue weighted by Crippen LogP contribution is -2.01. The van der Waals surface area contributed by atoms with Crippen LogP contribution in [0.5, 0.6) is 0 Å². The molecular formula is C12H18N2O2S. The molecule has 0 fully saturated rings. The van der Waals surface area contributed by atoms with Gasteiger partial charge in [-0.1, -0.05) is 0 Å². The molecule has 0 aliphatic carbocycles. The van der Waals surface area contributed by atoms with E-state index in [1.807, 2.05) is 19.1 Å². The molecule has 1 aromatic heterocycles. The number of carbonyl (C=O) groups excluding carboxylic acids is 1. The highest BCUT2D eigenvalue weighted by Gasteiger charge is 2.01. The summed E-state index contributed by atoms with van der Waals surface area (Å²) >= 11 is 1.72. The average molecular weight is 254 g/mol. The van der Waals surface area contributed by atoms with E-state index in [9.17, 15) is 4.79 Å². The first-order valence-corrected chi connectivity index (χ1v) is 6.75. The molecule has 1 N–H and O–H groups in total. The van der Waals surface area contributed by atoms with E-state index in [0.29, 0.717) is 6.42 Å². The molecule has 94 valence electrons. The summed E-state index contributed by atoms with van der Waals surface area (Å²) in [6.45, 7) is 2.91. The quantitative estimate of drug-likeness (QED) is 0.598. The topological polar surface area (TPSA) is 51.2 Å². The molecule has 17 heavy (non-hydrogen) atoms. The summed E-state index contributed by atoms with van der Waals surface area (Å²) in [5.41, 5.74) is 1.21. The van der Waals surface area contributed by atoms with Crippen molar-refractivity contribution in [1.82, 2.24) is 4.98 Å². The lowest BCUT2D eigenvalue weighted by Gasteiger charge is -2.05. The smallest absolute Gasteiger partial charge is 0.306 e. The Labute approximate surface area is 106 Å². The maximum atomic E-state index is 10.9. The first-order chi connectivity index (χ1) is 8.26. The molecule has 0 atom stereocenters. The largest absolute Gasteiger partial charge is 0.469 e. The Morgan fingerprint density at radius 2 is 2.41 bits per heavy atom. The lowest BCUT2D eigenvalue weighted by molar-refractivity contribution is -0.140. The molecular weight excluding hydrogens is 236 g/mol. The van der Waals surface area contributed by atoms with Gasteiger partial charge in [0.05, 0.1) is 13.5 Å². The summed E-state index contributed by atoms with van der Waals surface area (Å²) in [4.78, 5) is 15.1. The predicted molar refractivity (Wildman–Crippen MR) is 71.2 cm³/mol. The third kappa shape index (κ3) is 5.58. The van der Waals surface area contributed by atoms with Gasteiger partial charge in [0.2, 0.25) is 0 Å². The highest BCUT2D eigenvalue weighted by Crippen LogP contribution is 2.15. The number of hydrogen-bond acceptors (Lipinski definition) is 5. The molecule has 1 aromatic rings. The second-order valence-electron chi connectivity index (χ2n) is 3.46. The Morgan fingerprint density at radius 3 is 3.12 bits per heavy atom. The minimum absolute atomic E-state index is 0.152. The lowest BCUT2D eigenvalue weighted by atomic mass is 10.3. The zero-order valence-corrected chi connectivity index (χ0v) is 11.0. The van der Waals surface area contributed by atoms with E-state index >= 15 is 0 Å². The number of pyridine rings is 1. The number of methoxy groups -OCH3 is 1. The number of aromatic nitrogens is 1. The van der Waals surface area contributed by atoms with E-state index in [1.54, 1.807) is 18.0 Å². The summed E-state index contributed by atoms with van der Waals surface area (Å²) in [5.74, 6) is 2.42. The van der Waals surface area contributed by atoms with Crippen molar-refractivity contribution >= 4 is 23.5 Å². The Hall–Kier alpha value is -1.23. The van der Waals surface area contributed by atoms with Gasteiger partial charge in [-0.15, -0.1) is 0 Å². The third-order valence-corrected chi connectivity index (χ3v) is 3.16. The molecule has 0 saturated heterocycles. The van der Waals surface area contributed by atoms with E-state index in [2.05, 4.69) is 15.0 Å². The molecule has 4 nitrogen and oxygen atoms in total. The average Bonchev–Trinajstić information content (AvgIpc) is 2.35. The van der Waals surface area contributed by atoms with Crippen molar-refractivity contribution in [3.05, 3.63) is 23.9 Å². The molecule has 0 aliphatic rings. The molecule has 0 unspecified atom stereocenters. The molecule has 0 spiro atoms. The van der Waals surface area contributed by atoms with Gasteiger partial charge in [-0.05, 0) is 24.6 Å². The molecule has 1 rings (SSSR count). The standard InChI is InChI=1S/C12H18N2O2S/c1-3-13-11-8-10(4-6-14-11)9-17-7-5-12(15)16-2/h4,6,8H,3,5,7,9H2,1-2H3,(H,13,14). The van der Waals surface area contributed by atoms with Gasteiger partial charge in [-0.3, -0.25) is 4.79 Å².